The predicted octanol–water partition coefficient (Wildman–Crippen LogP) is 3.69. The smallest absolute Gasteiger partial charge is 0.163 e. The van der Waals surface area contributed by atoms with Gasteiger partial charge in [-0.3, -0.25) is 4.98 Å². The molecular formula is C18H19N5S. The van der Waals surface area contributed by atoms with E-state index in [0.717, 1.165) is 42.4 Å². The van der Waals surface area contributed by atoms with Gasteiger partial charge in [-0.25, -0.2) is 15.0 Å². The number of aryl methyl sites for hydroxylation is 1. The first-order valence-corrected chi connectivity index (χ1v) is 9.08. The second-order valence-corrected chi connectivity index (χ2v) is 7.01. The predicted molar refractivity (Wildman–Crippen MR) is 96.3 cm³/mol. The van der Waals surface area contributed by atoms with Gasteiger partial charge in [0.1, 0.15) is 5.82 Å². The van der Waals surface area contributed by atoms with Crippen LogP contribution in [-0.2, 0) is 0 Å². The molecule has 0 aliphatic carbocycles. The molecule has 0 bridgehead atoms. The van der Waals surface area contributed by atoms with Crippen LogP contribution in [-0.4, -0.2) is 33.0 Å². The van der Waals surface area contributed by atoms with Crippen LogP contribution in [0.5, 0.6) is 0 Å². The number of hydrogen-bond donors (Lipinski definition) is 0. The molecule has 3 aromatic heterocycles. The molecule has 5 nitrogen and oxygen atoms in total. The monoisotopic (exact) mass is 337 g/mol. The Balaban J connectivity index is 1.63. The third-order valence-electron chi connectivity index (χ3n) is 4.31. The molecule has 0 saturated carbocycles. The summed E-state index contributed by atoms with van der Waals surface area (Å²) in [7, 11) is 0. The minimum atomic E-state index is 0.496. The lowest BCUT2D eigenvalue weighted by Gasteiger charge is -2.33. The summed E-state index contributed by atoms with van der Waals surface area (Å²) in [5.74, 6) is 2.24. The molecule has 3 aromatic rings. The molecule has 1 fully saturated rings. The van der Waals surface area contributed by atoms with E-state index in [1.807, 2.05) is 31.5 Å². The van der Waals surface area contributed by atoms with Gasteiger partial charge in [-0.2, -0.15) is 0 Å². The Labute approximate surface area is 145 Å². The van der Waals surface area contributed by atoms with Crippen molar-refractivity contribution in [2.45, 2.75) is 25.7 Å². The molecule has 0 aromatic carbocycles. The second-order valence-electron chi connectivity index (χ2n) is 6.09. The van der Waals surface area contributed by atoms with E-state index in [-0.39, 0.29) is 0 Å². The Bertz CT molecular complexity index is 804. The summed E-state index contributed by atoms with van der Waals surface area (Å²) in [4.78, 5) is 20.4. The van der Waals surface area contributed by atoms with Crippen molar-refractivity contribution < 1.29 is 0 Å². The molecule has 4 rings (SSSR count). The lowest BCUT2D eigenvalue weighted by Crippen LogP contribution is -2.35. The first-order chi connectivity index (χ1) is 11.8. The standard InChI is InChI=1S/C18H19N5S/c1-13-10-16(22-17(21-13)14-4-2-6-19-11-14)23-8-3-5-15(12-23)18-20-7-9-24-18/h2,4,6-7,9-11,15H,3,5,8,12H2,1H3/t15-/m0/s1. The molecule has 1 atom stereocenters. The average Bonchev–Trinajstić information content (AvgIpc) is 3.17. The van der Waals surface area contributed by atoms with E-state index in [1.54, 1.807) is 17.5 Å². The van der Waals surface area contributed by atoms with Crippen LogP contribution >= 0.6 is 11.3 Å². The Morgan fingerprint density at radius 3 is 3.00 bits per heavy atom. The SMILES string of the molecule is Cc1cc(N2CCC[C@H](c3nccs3)C2)nc(-c2cccnc2)n1. The van der Waals surface area contributed by atoms with Crippen LogP contribution in [0.1, 0.15) is 29.5 Å². The van der Waals surface area contributed by atoms with Crippen LogP contribution < -0.4 is 4.90 Å². The van der Waals surface area contributed by atoms with E-state index < -0.39 is 0 Å². The van der Waals surface area contributed by atoms with Crippen molar-refractivity contribution in [1.82, 2.24) is 19.9 Å². The van der Waals surface area contributed by atoms with Crippen molar-refractivity contribution in [1.29, 1.82) is 0 Å². The zero-order valence-corrected chi connectivity index (χ0v) is 14.4. The minimum absolute atomic E-state index is 0.496. The van der Waals surface area contributed by atoms with Crippen molar-refractivity contribution in [2.75, 3.05) is 18.0 Å². The van der Waals surface area contributed by atoms with E-state index >= 15 is 0 Å². The highest BCUT2D eigenvalue weighted by Gasteiger charge is 2.24. The van der Waals surface area contributed by atoms with Crippen molar-refractivity contribution >= 4 is 17.2 Å². The minimum Gasteiger partial charge on any atom is -0.356 e. The number of rotatable bonds is 3. The van der Waals surface area contributed by atoms with Crippen LogP contribution in [0.3, 0.4) is 0 Å². The molecule has 24 heavy (non-hydrogen) atoms. The fourth-order valence-electron chi connectivity index (χ4n) is 3.16. The number of nitrogens with zero attached hydrogens (tertiary/aromatic N) is 5. The van der Waals surface area contributed by atoms with Crippen molar-refractivity contribution in [3.63, 3.8) is 0 Å². The van der Waals surface area contributed by atoms with Crippen LogP contribution in [0.2, 0.25) is 0 Å². The summed E-state index contributed by atoms with van der Waals surface area (Å²) in [5.41, 5.74) is 1.94. The summed E-state index contributed by atoms with van der Waals surface area (Å²) in [6.45, 7) is 4.02. The van der Waals surface area contributed by atoms with Crippen molar-refractivity contribution in [3.05, 3.63) is 52.9 Å². The van der Waals surface area contributed by atoms with Gasteiger partial charge < -0.3 is 4.90 Å². The lowest BCUT2D eigenvalue weighted by molar-refractivity contribution is 0.505. The van der Waals surface area contributed by atoms with E-state index in [2.05, 4.69) is 31.3 Å². The Morgan fingerprint density at radius 2 is 2.21 bits per heavy atom. The van der Waals surface area contributed by atoms with Crippen LogP contribution in [0, 0.1) is 6.92 Å². The number of pyridine rings is 1. The number of anilines is 1. The van der Waals surface area contributed by atoms with Crippen LogP contribution in [0.15, 0.2) is 42.2 Å². The van der Waals surface area contributed by atoms with Gasteiger partial charge in [0.25, 0.3) is 0 Å². The van der Waals surface area contributed by atoms with Gasteiger partial charge in [0.05, 0.1) is 5.01 Å². The summed E-state index contributed by atoms with van der Waals surface area (Å²) < 4.78 is 0. The van der Waals surface area contributed by atoms with Crippen LogP contribution in [0.4, 0.5) is 5.82 Å². The molecule has 0 amide bonds. The normalized spacial score (nSPS) is 17.9. The first kappa shape index (κ1) is 15.2. The third kappa shape index (κ3) is 3.14. The molecular weight excluding hydrogens is 318 g/mol. The zero-order chi connectivity index (χ0) is 16.4. The maximum Gasteiger partial charge on any atom is 0.163 e. The molecule has 122 valence electrons. The Hall–Kier alpha value is -2.34. The summed E-state index contributed by atoms with van der Waals surface area (Å²) in [5, 5.41) is 3.29. The quantitative estimate of drug-likeness (QED) is 0.729. The summed E-state index contributed by atoms with van der Waals surface area (Å²) in [6.07, 6.45) is 7.84. The molecule has 0 N–H and O–H groups in total. The molecule has 1 aliphatic heterocycles. The molecule has 4 heterocycles. The van der Waals surface area contributed by atoms with Crippen LogP contribution in [0.25, 0.3) is 11.4 Å². The number of piperidine rings is 1. The first-order valence-electron chi connectivity index (χ1n) is 8.20. The second kappa shape index (κ2) is 6.65. The van der Waals surface area contributed by atoms with Crippen molar-refractivity contribution in [3.8, 4) is 11.4 Å². The highest BCUT2D eigenvalue weighted by atomic mass is 32.1. The summed E-state index contributed by atoms with van der Waals surface area (Å²) in [6, 6.07) is 5.99. The van der Waals surface area contributed by atoms with Crippen molar-refractivity contribution in [2.24, 2.45) is 0 Å². The number of hydrogen-bond acceptors (Lipinski definition) is 6. The Kier molecular flexibility index (Phi) is 4.21. The highest BCUT2D eigenvalue weighted by molar-refractivity contribution is 7.09. The largest absolute Gasteiger partial charge is 0.356 e. The maximum atomic E-state index is 4.80. The molecule has 6 heteroatoms. The fraction of sp³-hybridized carbons (Fsp3) is 0.333. The number of aromatic nitrogens is 4. The molecule has 0 radical (unpaired) electrons. The zero-order valence-electron chi connectivity index (χ0n) is 13.6. The van der Waals surface area contributed by atoms with E-state index in [9.17, 15) is 0 Å². The van der Waals surface area contributed by atoms with E-state index in [0.29, 0.717) is 5.92 Å². The average molecular weight is 337 g/mol. The molecule has 1 saturated heterocycles. The van der Waals surface area contributed by atoms with Gasteiger partial charge in [-0.1, -0.05) is 0 Å². The van der Waals surface area contributed by atoms with E-state index in [1.165, 1.54) is 11.4 Å². The summed E-state index contributed by atoms with van der Waals surface area (Å²) >= 11 is 1.75. The van der Waals surface area contributed by atoms with Gasteiger partial charge in [-0.05, 0) is 31.9 Å². The number of thiazole rings is 1. The lowest BCUT2D eigenvalue weighted by atomic mass is 9.99. The van der Waals surface area contributed by atoms with Gasteiger partial charge in [0, 0.05) is 60.3 Å². The highest BCUT2D eigenvalue weighted by Crippen LogP contribution is 2.31. The Morgan fingerprint density at radius 1 is 1.25 bits per heavy atom. The van der Waals surface area contributed by atoms with Gasteiger partial charge in [-0.15, -0.1) is 11.3 Å². The molecule has 1 aliphatic rings. The third-order valence-corrected chi connectivity index (χ3v) is 5.24. The molecule has 0 unspecified atom stereocenters. The van der Waals surface area contributed by atoms with Gasteiger partial charge in [0.2, 0.25) is 0 Å². The topological polar surface area (TPSA) is 54.8 Å². The maximum absolute atomic E-state index is 4.80. The van der Waals surface area contributed by atoms with Gasteiger partial charge >= 0.3 is 0 Å². The fourth-order valence-corrected chi connectivity index (χ4v) is 3.93. The molecule has 0 spiro atoms. The van der Waals surface area contributed by atoms with E-state index in [4.69, 9.17) is 4.98 Å². The van der Waals surface area contributed by atoms with Gasteiger partial charge in [0.15, 0.2) is 5.82 Å².